The van der Waals surface area contributed by atoms with Crippen molar-refractivity contribution in [2.75, 3.05) is 0 Å². The second-order valence-electron chi connectivity index (χ2n) is 7.23. The van der Waals surface area contributed by atoms with Gasteiger partial charge in [0.15, 0.2) is 0 Å². The molecular weight excluding hydrogens is 302 g/mol. The van der Waals surface area contributed by atoms with E-state index in [0.29, 0.717) is 6.54 Å². The Morgan fingerprint density at radius 1 is 1.21 bits per heavy atom. The van der Waals surface area contributed by atoms with E-state index in [2.05, 4.69) is 0 Å². The number of carbonyl (C=O) groups excluding carboxylic acids is 1. The van der Waals surface area contributed by atoms with Crippen LogP contribution in [0.4, 0.5) is 0 Å². The Labute approximate surface area is 141 Å². The van der Waals surface area contributed by atoms with E-state index in [1.165, 1.54) is 0 Å². The van der Waals surface area contributed by atoms with Crippen LogP contribution in [-0.2, 0) is 6.54 Å². The molecule has 124 valence electrons. The Hall–Kier alpha value is -2.33. The van der Waals surface area contributed by atoms with E-state index in [1.807, 2.05) is 63.2 Å². The lowest BCUT2D eigenvalue weighted by atomic mass is 9.85. The fourth-order valence-electron chi connectivity index (χ4n) is 3.73. The van der Waals surface area contributed by atoms with Gasteiger partial charge in [0.2, 0.25) is 0 Å². The van der Waals surface area contributed by atoms with Gasteiger partial charge in [0, 0.05) is 17.7 Å². The minimum Gasteiger partial charge on any atom is -0.485 e. The zero-order valence-corrected chi connectivity index (χ0v) is 14.1. The van der Waals surface area contributed by atoms with E-state index in [1.54, 1.807) is 4.90 Å². The highest BCUT2D eigenvalue weighted by molar-refractivity contribution is 5.98. The van der Waals surface area contributed by atoms with Gasteiger partial charge in [0.05, 0.1) is 6.04 Å². The first kappa shape index (κ1) is 15.2. The number of benzene rings is 2. The van der Waals surface area contributed by atoms with Gasteiger partial charge in [0.25, 0.3) is 5.91 Å². The third-order valence-corrected chi connectivity index (χ3v) is 5.05. The molecule has 2 atom stereocenters. The Bertz CT molecular complexity index is 827. The quantitative estimate of drug-likeness (QED) is 0.876. The van der Waals surface area contributed by atoms with Crippen molar-refractivity contribution in [1.82, 2.24) is 4.90 Å². The van der Waals surface area contributed by atoms with E-state index in [-0.39, 0.29) is 5.91 Å². The maximum atomic E-state index is 12.9. The SMILES string of the molecule is Cc1ccc2c(c1)[C@@H](N1Cc3ccccc3C1=O)[C@H](O)C(C)(C)O2. The normalized spacial score (nSPS) is 24.3. The van der Waals surface area contributed by atoms with Crippen molar-refractivity contribution in [1.29, 1.82) is 0 Å². The van der Waals surface area contributed by atoms with E-state index < -0.39 is 17.7 Å². The van der Waals surface area contributed by atoms with Crippen molar-refractivity contribution in [3.8, 4) is 5.75 Å². The maximum Gasteiger partial charge on any atom is 0.255 e. The molecule has 0 aliphatic carbocycles. The lowest BCUT2D eigenvalue weighted by Crippen LogP contribution is -2.53. The number of nitrogens with zero attached hydrogens (tertiary/aromatic N) is 1. The first-order valence-electron chi connectivity index (χ1n) is 8.25. The predicted molar refractivity (Wildman–Crippen MR) is 90.9 cm³/mol. The summed E-state index contributed by atoms with van der Waals surface area (Å²) >= 11 is 0. The van der Waals surface area contributed by atoms with Crippen LogP contribution in [0.5, 0.6) is 5.75 Å². The Morgan fingerprint density at radius 3 is 2.71 bits per heavy atom. The second-order valence-corrected chi connectivity index (χ2v) is 7.23. The molecule has 0 saturated heterocycles. The van der Waals surface area contributed by atoms with Crippen LogP contribution in [0.3, 0.4) is 0 Å². The molecule has 0 fully saturated rings. The minimum atomic E-state index is -0.801. The Morgan fingerprint density at radius 2 is 1.96 bits per heavy atom. The molecule has 0 aromatic heterocycles. The van der Waals surface area contributed by atoms with Gasteiger partial charge < -0.3 is 14.7 Å². The van der Waals surface area contributed by atoms with Gasteiger partial charge in [-0.3, -0.25) is 4.79 Å². The highest BCUT2D eigenvalue weighted by atomic mass is 16.5. The Balaban J connectivity index is 1.83. The summed E-state index contributed by atoms with van der Waals surface area (Å²) in [5, 5.41) is 11.0. The van der Waals surface area contributed by atoms with Gasteiger partial charge in [-0.05, 0) is 38.5 Å². The summed E-state index contributed by atoms with van der Waals surface area (Å²) in [6.07, 6.45) is -0.801. The van der Waals surface area contributed by atoms with Crippen molar-refractivity contribution in [2.45, 2.75) is 45.1 Å². The topological polar surface area (TPSA) is 49.8 Å². The summed E-state index contributed by atoms with van der Waals surface area (Å²) in [6, 6.07) is 13.2. The fraction of sp³-hybridized carbons (Fsp3) is 0.350. The van der Waals surface area contributed by atoms with Crippen molar-refractivity contribution < 1.29 is 14.6 Å². The summed E-state index contributed by atoms with van der Waals surface area (Å²) < 4.78 is 6.00. The van der Waals surface area contributed by atoms with E-state index in [4.69, 9.17) is 4.74 Å². The summed E-state index contributed by atoms with van der Waals surface area (Å²) in [5.41, 5.74) is 2.93. The standard InChI is InChI=1S/C20H21NO3/c1-12-8-9-16-15(10-12)17(18(22)20(2,3)24-16)21-11-13-6-4-5-7-14(13)19(21)23/h4-10,17-18,22H,11H2,1-3H3/t17-,18+/m1/s1. The Kier molecular flexibility index (Phi) is 3.22. The zero-order valence-electron chi connectivity index (χ0n) is 14.1. The van der Waals surface area contributed by atoms with E-state index >= 15 is 0 Å². The molecular formula is C20H21NO3. The average molecular weight is 323 g/mol. The molecule has 0 spiro atoms. The van der Waals surface area contributed by atoms with Gasteiger partial charge in [0.1, 0.15) is 17.5 Å². The molecule has 2 aromatic rings. The molecule has 4 heteroatoms. The van der Waals surface area contributed by atoms with Crippen molar-refractivity contribution in [3.63, 3.8) is 0 Å². The first-order chi connectivity index (χ1) is 11.4. The molecule has 2 aliphatic heterocycles. The smallest absolute Gasteiger partial charge is 0.255 e. The van der Waals surface area contributed by atoms with Crippen LogP contribution in [-0.4, -0.2) is 27.6 Å². The molecule has 4 rings (SSSR count). The molecule has 0 saturated carbocycles. The van der Waals surface area contributed by atoms with Crippen molar-refractivity contribution >= 4 is 5.91 Å². The van der Waals surface area contributed by atoms with Gasteiger partial charge in [-0.2, -0.15) is 0 Å². The first-order valence-corrected chi connectivity index (χ1v) is 8.25. The molecule has 4 nitrogen and oxygen atoms in total. The summed E-state index contributed by atoms with van der Waals surface area (Å²) in [6.45, 7) is 6.24. The largest absolute Gasteiger partial charge is 0.485 e. The minimum absolute atomic E-state index is 0.0280. The second kappa shape index (κ2) is 5.08. The van der Waals surface area contributed by atoms with Gasteiger partial charge in [-0.15, -0.1) is 0 Å². The van der Waals surface area contributed by atoms with E-state index in [0.717, 1.165) is 28.0 Å². The number of aliphatic hydroxyl groups is 1. The van der Waals surface area contributed by atoms with Gasteiger partial charge >= 0.3 is 0 Å². The molecule has 0 unspecified atom stereocenters. The summed E-state index contributed by atoms with van der Waals surface area (Å²) in [4.78, 5) is 14.7. The van der Waals surface area contributed by atoms with Crippen LogP contribution >= 0.6 is 0 Å². The number of aryl methyl sites for hydroxylation is 1. The molecule has 2 aliphatic rings. The molecule has 2 aromatic carbocycles. The molecule has 24 heavy (non-hydrogen) atoms. The number of ether oxygens (including phenoxy) is 1. The van der Waals surface area contributed by atoms with Crippen LogP contribution in [0, 0.1) is 6.92 Å². The number of amides is 1. The van der Waals surface area contributed by atoms with Crippen LogP contribution in [0.2, 0.25) is 0 Å². The number of fused-ring (bicyclic) bond motifs is 2. The monoisotopic (exact) mass is 323 g/mol. The third kappa shape index (κ3) is 2.13. The fourth-order valence-corrected chi connectivity index (χ4v) is 3.73. The van der Waals surface area contributed by atoms with Crippen molar-refractivity contribution in [2.24, 2.45) is 0 Å². The van der Waals surface area contributed by atoms with E-state index in [9.17, 15) is 9.90 Å². The summed E-state index contributed by atoms with van der Waals surface area (Å²) in [7, 11) is 0. The number of rotatable bonds is 1. The van der Waals surface area contributed by atoms with Crippen LogP contribution in [0.1, 0.15) is 46.9 Å². The number of carbonyl (C=O) groups is 1. The lowest BCUT2D eigenvalue weighted by molar-refractivity contribution is -0.0868. The molecule has 0 bridgehead atoms. The number of hydrogen-bond donors (Lipinski definition) is 1. The van der Waals surface area contributed by atoms with Crippen LogP contribution < -0.4 is 4.74 Å². The van der Waals surface area contributed by atoms with Crippen LogP contribution in [0.25, 0.3) is 0 Å². The van der Waals surface area contributed by atoms with Crippen LogP contribution in [0.15, 0.2) is 42.5 Å². The zero-order chi connectivity index (χ0) is 17.1. The predicted octanol–water partition coefficient (Wildman–Crippen LogP) is 3.22. The molecule has 1 amide bonds. The maximum absolute atomic E-state index is 12.9. The average Bonchev–Trinajstić information content (AvgIpc) is 2.86. The molecule has 0 radical (unpaired) electrons. The summed E-state index contributed by atoms with van der Waals surface area (Å²) in [5.74, 6) is 0.712. The highest BCUT2D eigenvalue weighted by Crippen LogP contribution is 2.45. The lowest BCUT2D eigenvalue weighted by Gasteiger charge is -2.45. The number of aliphatic hydroxyl groups excluding tert-OH is 1. The molecule has 1 N–H and O–H groups in total. The third-order valence-electron chi connectivity index (χ3n) is 5.05. The highest BCUT2D eigenvalue weighted by Gasteiger charge is 2.48. The number of hydrogen-bond acceptors (Lipinski definition) is 3. The van der Waals surface area contributed by atoms with Gasteiger partial charge in [-0.25, -0.2) is 0 Å². The van der Waals surface area contributed by atoms with Gasteiger partial charge in [-0.1, -0.05) is 35.9 Å². The molecule has 2 heterocycles. The van der Waals surface area contributed by atoms with Crippen molar-refractivity contribution in [3.05, 3.63) is 64.7 Å².